The molecule has 0 aromatic heterocycles. The van der Waals surface area contributed by atoms with Gasteiger partial charge in [-0.15, -0.1) is 0 Å². The van der Waals surface area contributed by atoms with Crippen LogP contribution in [0.25, 0.3) is 0 Å². The molecule has 1 rings (SSSR count). The fourth-order valence-corrected chi connectivity index (χ4v) is 1.15. The Morgan fingerprint density at radius 3 is 2.59 bits per heavy atom. The van der Waals surface area contributed by atoms with E-state index in [0.717, 1.165) is 6.07 Å². The molecule has 1 aromatic rings. The number of halogens is 2. The Morgan fingerprint density at radius 1 is 1.53 bits per heavy atom. The van der Waals surface area contributed by atoms with Crippen LogP contribution in [0.15, 0.2) is 12.1 Å². The summed E-state index contributed by atoms with van der Waals surface area (Å²) in [7, 11) is 0. The third kappa shape index (κ3) is 2.72. The Balaban J connectivity index is 3.41. The molecule has 0 aliphatic heterocycles. The largest absolute Gasteiger partial charge is 0.435 e. The highest BCUT2D eigenvalue weighted by molar-refractivity contribution is 5.86. The van der Waals surface area contributed by atoms with E-state index in [2.05, 4.69) is 4.74 Å². The normalized spacial score (nSPS) is 9.76. The zero-order valence-electron chi connectivity index (χ0n) is 8.09. The van der Waals surface area contributed by atoms with E-state index in [4.69, 9.17) is 5.26 Å². The molecule has 0 aliphatic carbocycles. The van der Waals surface area contributed by atoms with E-state index in [1.807, 2.05) is 0 Å². The Kier molecular flexibility index (Phi) is 3.66. The van der Waals surface area contributed by atoms with Gasteiger partial charge in [0, 0.05) is 0 Å². The van der Waals surface area contributed by atoms with Crippen molar-refractivity contribution in [2.24, 2.45) is 0 Å². The van der Waals surface area contributed by atoms with E-state index in [-0.39, 0.29) is 6.29 Å². The van der Waals surface area contributed by atoms with E-state index < -0.39 is 34.1 Å². The van der Waals surface area contributed by atoms with Gasteiger partial charge >= 0.3 is 6.61 Å². The molecule has 0 amide bonds. The molecule has 6 nitrogen and oxygen atoms in total. The minimum absolute atomic E-state index is 0.114. The number of carbonyl (C=O) groups excluding carboxylic acids is 1. The summed E-state index contributed by atoms with van der Waals surface area (Å²) in [4.78, 5) is 20.2. The van der Waals surface area contributed by atoms with Crippen molar-refractivity contribution < 1.29 is 23.2 Å². The number of ether oxygens (including phenoxy) is 1. The van der Waals surface area contributed by atoms with Gasteiger partial charge < -0.3 is 4.74 Å². The summed E-state index contributed by atoms with van der Waals surface area (Å²) in [5.74, 6) is -0.547. The average molecular weight is 242 g/mol. The maximum atomic E-state index is 11.9. The summed E-state index contributed by atoms with van der Waals surface area (Å²) in [6.07, 6.45) is 0.114. The predicted molar refractivity (Wildman–Crippen MR) is 49.8 cm³/mol. The Hall–Kier alpha value is -2.56. The third-order valence-electron chi connectivity index (χ3n) is 1.79. The SMILES string of the molecule is N#Cc1cc(OC(F)F)cc([N+](=O)[O-])c1C=O. The average Bonchev–Trinajstić information content (AvgIpc) is 2.26. The molecule has 88 valence electrons. The van der Waals surface area contributed by atoms with Crippen LogP contribution >= 0.6 is 0 Å². The molecule has 8 heteroatoms. The van der Waals surface area contributed by atoms with Gasteiger partial charge in [0.2, 0.25) is 0 Å². The number of alkyl halides is 2. The van der Waals surface area contributed by atoms with Gasteiger partial charge in [0.25, 0.3) is 5.69 Å². The highest BCUT2D eigenvalue weighted by Gasteiger charge is 2.21. The highest BCUT2D eigenvalue weighted by atomic mass is 19.3. The van der Waals surface area contributed by atoms with Crippen molar-refractivity contribution in [3.63, 3.8) is 0 Å². The number of aldehydes is 1. The summed E-state index contributed by atoms with van der Waals surface area (Å²) >= 11 is 0. The summed E-state index contributed by atoms with van der Waals surface area (Å²) < 4.78 is 27.8. The quantitative estimate of drug-likeness (QED) is 0.456. The first-order valence-electron chi connectivity index (χ1n) is 4.12. The summed E-state index contributed by atoms with van der Waals surface area (Å²) in [6, 6.07) is 2.99. The maximum absolute atomic E-state index is 11.9. The van der Waals surface area contributed by atoms with Crippen LogP contribution in [0, 0.1) is 21.4 Å². The number of nitro benzene ring substituents is 1. The lowest BCUT2D eigenvalue weighted by Crippen LogP contribution is -2.05. The van der Waals surface area contributed by atoms with E-state index >= 15 is 0 Å². The fourth-order valence-electron chi connectivity index (χ4n) is 1.15. The van der Waals surface area contributed by atoms with Gasteiger partial charge in [-0.3, -0.25) is 14.9 Å². The van der Waals surface area contributed by atoms with Crippen LogP contribution in [-0.2, 0) is 0 Å². The lowest BCUT2D eigenvalue weighted by Gasteiger charge is -2.06. The molecule has 0 aliphatic rings. The van der Waals surface area contributed by atoms with Crippen molar-refractivity contribution >= 4 is 12.0 Å². The standard InChI is InChI=1S/C9H4F2N2O4/c10-9(11)17-6-1-5(3-12)7(4-14)8(2-6)13(15)16/h1-2,4,9H. The van der Waals surface area contributed by atoms with Crippen LogP contribution in [0.2, 0.25) is 0 Å². The molecule has 0 atom stereocenters. The van der Waals surface area contributed by atoms with Gasteiger partial charge in [0.05, 0.1) is 16.6 Å². The van der Waals surface area contributed by atoms with Crippen LogP contribution in [0.3, 0.4) is 0 Å². The van der Waals surface area contributed by atoms with Crippen LogP contribution in [0.5, 0.6) is 5.75 Å². The highest BCUT2D eigenvalue weighted by Crippen LogP contribution is 2.28. The minimum Gasteiger partial charge on any atom is -0.435 e. The molecule has 17 heavy (non-hydrogen) atoms. The Morgan fingerprint density at radius 2 is 2.18 bits per heavy atom. The zero-order chi connectivity index (χ0) is 13.0. The molecule has 0 unspecified atom stereocenters. The van der Waals surface area contributed by atoms with Crippen molar-refractivity contribution in [3.05, 3.63) is 33.4 Å². The zero-order valence-corrected chi connectivity index (χ0v) is 8.09. The number of hydrogen-bond acceptors (Lipinski definition) is 5. The molecule has 0 fully saturated rings. The molecule has 0 N–H and O–H groups in total. The smallest absolute Gasteiger partial charge is 0.387 e. The molecule has 0 radical (unpaired) electrons. The number of nitro groups is 1. The van der Waals surface area contributed by atoms with Gasteiger partial charge in [-0.05, 0) is 6.07 Å². The number of rotatable bonds is 4. The second-order valence-corrected chi connectivity index (χ2v) is 2.77. The fraction of sp³-hybridized carbons (Fsp3) is 0.111. The van der Waals surface area contributed by atoms with Gasteiger partial charge in [0.15, 0.2) is 6.29 Å². The Labute approximate surface area is 93.2 Å². The molecule has 1 aromatic carbocycles. The summed E-state index contributed by atoms with van der Waals surface area (Å²) in [5.41, 5.74) is -1.63. The molecule has 0 spiro atoms. The van der Waals surface area contributed by atoms with Crippen LogP contribution in [-0.4, -0.2) is 17.8 Å². The van der Waals surface area contributed by atoms with Crippen molar-refractivity contribution in [1.29, 1.82) is 5.26 Å². The molecule has 0 bridgehead atoms. The summed E-state index contributed by atoms with van der Waals surface area (Å²) in [6.45, 7) is -3.18. The van der Waals surface area contributed by atoms with Gasteiger partial charge in [0.1, 0.15) is 17.4 Å². The van der Waals surface area contributed by atoms with E-state index in [9.17, 15) is 23.7 Å². The number of nitriles is 1. The Bertz CT molecular complexity index is 510. The second-order valence-electron chi connectivity index (χ2n) is 2.77. The van der Waals surface area contributed by atoms with Gasteiger partial charge in [-0.1, -0.05) is 0 Å². The second kappa shape index (κ2) is 4.98. The molecule has 0 heterocycles. The van der Waals surface area contributed by atoms with E-state index in [1.165, 1.54) is 6.07 Å². The molecular weight excluding hydrogens is 238 g/mol. The first-order valence-corrected chi connectivity index (χ1v) is 4.12. The van der Waals surface area contributed by atoms with Crippen LogP contribution in [0.1, 0.15) is 15.9 Å². The maximum Gasteiger partial charge on any atom is 0.387 e. The van der Waals surface area contributed by atoms with Crippen molar-refractivity contribution in [3.8, 4) is 11.8 Å². The molecule has 0 saturated heterocycles. The topological polar surface area (TPSA) is 93.2 Å². The molecule has 0 saturated carbocycles. The van der Waals surface area contributed by atoms with Crippen molar-refractivity contribution in [2.45, 2.75) is 6.61 Å². The first kappa shape index (κ1) is 12.5. The number of benzene rings is 1. The third-order valence-corrected chi connectivity index (χ3v) is 1.79. The van der Waals surface area contributed by atoms with Gasteiger partial charge in [-0.2, -0.15) is 14.0 Å². The van der Waals surface area contributed by atoms with E-state index in [0.29, 0.717) is 6.07 Å². The van der Waals surface area contributed by atoms with Crippen molar-refractivity contribution in [1.82, 2.24) is 0 Å². The van der Waals surface area contributed by atoms with Crippen LogP contribution in [0.4, 0.5) is 14.5 Å². The predicted octanol–water partition coefficient (Wildman–Crippen LogP) is 1.88. The lowest BCUT2D eigenvalue weighted by atomic mass is 10.1. The number of nitrogens with zero attached hydrogens (tertiary/aromatic N) is 2. The van der Waals surface area contributed by atoms with Crippen LogP contribution < -0.4 is 4.74 Å². The molecular formula is C9H4F2N2O4. The monoisotopic (exact) mass is 242 g/mol. The first-order chi connectivity index (χ1) is 7.99. The number of hydrogen-bond donors (Lipinski definition) is 0. The number of carbonyl (C=O) groups is 1. The van der Waals surface area contributed by atoms with Crippen molar-refractivity contribution in [2.75, 3.05) is 0 Å². The summed E-state index contributed by atoms with van der Waals surface area (Å²) in [5, 5.41) is 19.2. The van der Waals surface area contributed by atoms with E-state index in [1.54, 1.807) is 0 Å². The minimum atomic E-state index is -3.18. The lowest BCUT2D eigenvalue weighted by molar-refractivity contribution is -0.385. The van der Waals surface area contributed by atoms with Gasteiger partial charge in [-0.25, -0.2) is 0 Å².